The molecule has 2 aromatic carbocycles. The van der Waals surface area contributed by atoms with Crippen molar-refractivity contribution in [1.82, 2.24) is 0 Å². The topological polar surface area (TPSA) is 36.4 Å². The Hall–Kier alpha value is -2.66. The molecule has 0 unspecified atom stereocenters. The molecule has 0 atom stereocenters. The highest BCUT2D eigenvalue weighted by atomic mass is 14.8. The van der Waals surface area contributed by atoms with Crippen LogP contribution in [0.15, 0.2) is 59.7 Å². The molecule has 2 nitrogen and oxygen atoms in total. The van der Waals surface area contributed by atoms with Crippen molar-refractivity contribution < 1.29 is 4.79 Å². The Labute approximate surface area is 202 Å². The zero-order valence-corrected chi connectivity index (χ0v) is 21.3. The maximum atomic E-state index is 9.47. The summed E-state index contributed by atoms with van der Waals surface area (Å²) >= 11 is 0. The molecule has 0 N–H and O–H groups in total. The molecule has 0 saturated carbocycles. The van der Waals surface area contributed by atoms with E-state index < -0.39 is 0 Å². The van der Waals surface area contributed by atoms with Crippen LogP contribution in [0.25, 0.3) is 11.1 Å². The van der Waals surface area contributed by atoms with Crippen LogP contribution >= 0.6 is 0 Å². The van der Waals surface area contributed by atoms with E-state index >= 15 is 0 Å². The molecule has 0 spiro atoms. The van der Waals surface area contributed by atoms with E-state index in [1.807, 2.05) is 0 Å². The monoisotopic (exact) mass is 442 g/mol. The summed E-state index contributed by atoms with van der Waals surface area (Å²) < 4.78 is 0. The SMILES string of the molecule is CCCCCCC(C(=C=[N+]=[N-])CCCC)=C(c1cccc(C)c1)c1cccc(CCCC)c1. The van der Waals surface area contributed by atoms with Crippen molar-refractivity contribution in [1.29, 1.82) is 0 Å². The van der Waals surface area contributed by atoms with Crippen LogP contribution in [0.5, 0.6) is 0 Å². The number of allylic oxidation sites excluding steroid dienone is 2. The van der Waals surface area contributed by atoms with Crippen LogP contribution in [0, 0.1) is 6.92 Å². The van der Waals surface area contributed by atoms with Gasteiger partial charge in [-0.15, -0.1) is 4.79 Å². The minimum Gasteiger partial charge on any atom is -0.348 e. The van der Waals surface area contributed by atoms with Crippen molar-refractivity contribution in [2.24, 2.45) is 0 Å². The summed E-state index contributed by atoms with van der Waals surface area (Å²) in [5.74, 6) is 2.98. The van der Waals surface area contributed by atoms with Crippen LogP contribution in [0.4, 0.5) is 0 Å². The lowest BCUT2D eigenvalue weighted by atomic mass is 9.84. The lowest BCUT2D eigenvalue weighted by molar-refractivity contribution is 0.00739. The molecule has 2 aromatic rings. The van der Waals surface area contributed by atoms with E-state index in [0.29, 0.717) is 0 Å². The molecular formula is C31H42N2. The number of rotatable bonds is 14. The van der Waals surface area contributed by atoms with Crippen molar-refractivity contribution in [3.63, 3.8) is 0 Å². The molecule has 2 rings (SSSR count). The first-order valence-corrected chi connectivity index (χ1v) is 13.0. The van der Waals surface area contributed by atoms with E-state index in [-0.39, 0.29) is 0 Å². The molecule has 0 fully saturated rings. The molecule has 0 aliphatic heterocycles. The lowest BCUT2D eigenvalue weighted by Gasteiger charge is -2.18. The van der Waals surface area contributed by atoms with Gasteiger partial charge < -0.3 is 5.53 Å². The average molecular weight is 443 g/mol. The summed E-state index contributed by atoms with van der Waals surface area (Å²) in [6, 6.07) is 17.9. The fraction of sp³-hybridized carbons (Fsp3) is 0.484. The van der Waals surface area contributed by atoms with E-state index in [0.717, 1.165) is 44.1 Å². The number of nitrogens with zero attached hydrogens (tertiary/aromatic N) is 2. The third-order valence-corrected chi connectivity index (χ3v) is 6.25. The Morgan fingerprint density at radius 2 is 1.48 bits per heavy atom. The maximum Gasteiger partial charge on any atom is 0.303 e. The first kappa shape index (κ1) is 26.6. The average Bonchev–Trinajstić information content (AvgIpc) is 2.82. The molecule has 0 saturated heterocycles. The van der Waals surface area contributed by atoms with Crippen molar-refractivity contribution in [3.8, 4) is 0 Å². The van der Waals surface area contributed by atoms with E-state index in [1.54, 1.807) is 0 Å². The molecule has 0 aromatic heterocycles. The highest BCUT2D eigenvalue weighted by Crippen LogP contribution is 2.35. The second kappa shape index (κ2) is 15.2. The van der Waals surface area contributed by atoms with Crippen molar-refractivity contribution >= 4 is 11.4 Å². The fourth-order valence-corrected chi connectivity index (χ4v) is 4.42. The second-order valence-corrected chi connectivity index (χ2v) is 9.13. The highest BCUT2D eigenvalue weighted by Gasteiger charge is 2.18. The van der Waals surface area contributed by atoms with Gasteiger partial charge in [0.25, 0.3) is 0 Å². The van der Waals surface area contributed by atoms with Gasteiger partial charge in [-0.05, 0) is 73.3 Å². The van der Waals surface area contributed by atoms with Crippen LogP contribution in [-0.4, -0.2) is 10.7 Å². The number of hydrogen-bond donors (Lipinski definition) is 0. The van der Waals surface area contributed by atoms with Gasteiger partial charge in [0.15, 0.2) is 0 Å². The highest BCUT2D eigenvalue weighted by molar-refractivity contribution is 5.87. The van der Waals surface area contributed by atoms with Gasteiger partial charge in [-0.3, -0.25) is 0 Å². The summed E-state index contributed by atoms with van der Waals surface area (Å²) in [7, 11) is 0. The Balaban J connectivity index is 2.74. The fourth-order valence-electron chi connectivity index (χ4n) is 4.42. The first-order valence-electron chi connectivity index (χ1n) is 13.0. The number of hydrogen-bond acceptors (Lipinski definition) is 0. The van der Waals surface area contributed by atoms with Gasteiger partial charge in [0.1, 0.15) is 0 Å². The van der Waals surface area contributed by atoms with E-state index in [1.165, 1.54) is 65.5 Å². The second-order valence-electron chi connectivity index (χ2n) is 9.13. The third kappa shape index (κ3) is 8.65. The van der Waals surface area contributed by atoms with Crippen LogP contribution in [0.2, 0.25) is 0 Å². The Morgan fingerprint density at radius 1 is 0.788 bits per heavy atom. The molecule has 0 radical (unpaired) electrons. The van der Waals surface area contributed by atoms with Crippen molar-refractivity contribution in [2.75, 3.05) is 0 Å². The van der Waals surface area contributed by atoms with E-state index in [2.05, 4.69) is 86.9 Å². The largest absolute Gasteiger partial charge is 0.348 e. The third-order valence-electron chi connectivity index (χ3n) is 6.25. The van der Waals surface area contributed by atoms with Crippen LogP contribution < -0.4 is 0 Å². The van der Waals surface area contributed by atoms with Gasteiger partial charge in [-0.25, -0.2) is 0 Å². The number of unbranched alkanes of at least 4 members (excludes halogenated alkanes) is 5. The molecular weight excluding hydrogens is 400 g/mol. The molecule has 176 valence electrons. The quantitative estimate of drug-likeness (QED) is 0.0919. The summed E-state index contributed by atoms with van der Waals surface area (Å²) in [4.78, 5) is 3.38. The Kier molecular flexibility index (Phi) is 12.3. The summed E-state index contributed by atoms with van der Waals surface area (Å²) in [6.07, 6.45) is 12.4. The van der Waals surface area contributed by atoms with Crippen LogP contribution in [-0.2, 0) is 6.42 Å². The molecule has 0 amide bonds. The first-order chi connectivity index (χ1) is 16.1. The summed E-state index contributed by atoms with van der Waals surface area (Å²) in [5.41, 5.74) is 18.2. The van der Waals surface area contributed by atoms with Crippen LogP contribution in [0.1, 0.15) is 107 Å². The maximum absolute atomic E-state index is 9.47. The van der Waals surface area contributed by atoms with Crippen molar-refractivity contribution in [3.05, 3.63) is 87.5 Å². The van der Waals surface area contributed by atoms with Gasteiger partial charge >= 0.3 is 5.87 Å². The minimum atomic E-state index is 0.883. The van der Waals surface area contributed by atoms with Crippen LogP contribution in [0.3, 0.4) is 0 Å². The normalized spacial score (nSPS) is 11.5. The lowest BCUT2D eigenvalue weighted by Crippen LogP contribution is -2.02. The Bertz CT molecular complexity index is 985. The van der Waals surface area contributed by atoms with Gasteiger partial charge in [-0.2, -0.15) is 0 Å². The summed E-state index contributed by atoms with van der Waals surface area (Å²) in [6.45, 7) is 8.86. The van der Waals surface area contributed by atoms with Gasteiger partial charge in [0, 0.05) is 0 Å². The predicted molar refractivity (Wildman–Crippen MR) is 143 cm³/mol. The number of benzene rings is 2. The molecule has 0 aliphatic rings. The Morgan fingerprint density at radius 3 is 2.15 bits per heavy atom. The standard InChI is InChI=1S/C31H42N2/c1-5-8-11-12-21-30(29(24-33-32)18-10-7-3)31(27-19-13-15-25(4)22-27)28-20-14-17-26(23-28)16-9-6-2/h13-15,17,19-20,22-23H,5-12,16,18,21H2,1-4H3. The predicted octanol–water partition coefficient (Wildman–Crippen LogP) is 9.13. The molecule has 0 bridgehead atoms. The minimum absolute atomic E-state index is 0.883. The van der Waals surface area contributed by atoms with Gasteiger partial charge in [-0.1, -0.05) is 107 Å². The number of aryl methyl sites for hydroxylation is 2. The molecule has 0 heterocycles. The van der Waals surface area contributed by atoms with Crippen molar-refractivity contribution in [2.45, 2.75) is 98.3 Å². The molecule has 33 heavy (non-hydrogen) atoms. The molecule has 0 aliphatic carbocycles. The summed E-state index contributed by atoms with van der Waals surface area (Å²) in [5, 5.41) is 0. The zero-order chi connectivity index (χ0) is 23.9. The van der Waals surface area contributed by atoms with Gasteiger partial charge in [0.2, 0.25) is 0 Å². The zero-order valence-electron chi connectivity index (χ0n) is 21.3. The smallest absolute Gasteiger partial charge is 0.303 e. The van der Waals surface area contributed by atoms with Gasteiger partial charge in [0.05, 0.1) is 5.57 Å². The van der Waals surface area contributed by atoms with E-state index in [9.17, 15) is 5.53 Å². The van der Waals surface area contributed by atoms with E-state index in [4.69, 9.17) is 0 Å². The molecule has 2 heteroatoms.